The largest absolute Gasteiger partial charge is 0.355 e. The summed E-state index contributed by atoms with van der Waals surface area (Å²) in [5.41, 5.74) is 0. The van der Waals surface area contributed by atoms with Crippen LogP contribution in [0.1, 0.15) is 53.4 Å². The summed E-state index contributed by atoms with van der Waals surface area (Å²) in [4.78, 5) is 11.7. The third kappa shape index (κ3) is 6.39. The Hall–Kier alpha value is -0.570. The molecule has 0 saturated heterocycles. The monoisotopic (exact) mass is 254 g/mol. The summed E-state index contributed by atoms with van der Waals surface area (Å²) in [5.74, 6) is 2.37. The smallest absolute Gasteiger partial charge is 0.233 e. The second kappa shape index (κ2) is 7.78. The van der Waals surface area contributed by atoms with E-state index in [1.807, 2.05) is 0 Å². The molecule has 2 atom stereocenters. The zero-order valence-electron chi connectivity index (χ0n) is 12.5. The molecular weight excluding hydrogens is 224 g/mol. The number of carbonyl (C=O) groups is 1. The summed E-state index contributed by atoms with van der Waals surface area (Å²) in [6.45, 7) is 10.3. The molecule has 1 saturated carbocycles. The van der Waals surface area contributed by atoms with Gasteiger partial charge in [-0.1, -0.05) is 27.7 Å². The van der Waals surface area contributed by atoms with Crippen molar-refractivity contribution in [2.45, 2.75) is 59.4 Å². The minimum absolute atomic E-state index is 0.140. The van der Waals surface area contributed by atoms with Gasteiger partial charge in [-0.15, -0.1) is 0 Å². The summed E-state index contributed by atoms with van der Waals surface area (Å²) in [7, 11) is 0. The van der Waals surface area contributed by atoms with Crippen molar-refractivity contribution in [2.24, 2.45) is 17.8 Å². The number of rotatable bonds is 6. The van der Waals surface area contributed by atoms with Crippen LogP contribution in [0, 0.1) is 17.8 Å². The third-order valence-electron chi connectivity index (χ3n) is 3.77. The topological polar surface area (TPSA) is 41.1 Å². The molecule has 0 aliphatic heterocycles. The molecule has 1 fully saturated rings. The first-order valence-corrected chi connectivity index (χ1v) is 7.47. The molecular formula is C15H30N2O. The van der Waals surface area contributed by atoms with E-state index in [1.54, 1.807) is 0 Å². The van der Waals surface area contributed by atoms with Gasteiger partial charge in [0.25, 0.3) is 0 Å². The van der Waals surface area contributed by atoms with E-state index in [0.29, 0.717) is 18.5 Å². The highest BCUT2D eigenvalue weighted by atomic mass is 16.1. The van der Waals surface area contributed by atoms with Crippen molar-refractivity contribution in [1.29, 1.82) is 0 Å². The Balaban J connectivity index is 2.13. The Morgan fingerprint density at radius 1 is 1.17 bits per heavy atom. The highest BCUT2D eigenvalue weighted by Crippen LogP contribution is 2.28. The van der Waals surface area contributed by atoms with Gasteiger partial charge in [0.05, 0.1) is 6.54 Å². The van der Waals surface area contributed by atoms with Crippen molar-refractivity contribution in [3.05, 3.63) is 0 Å². The molecule has 0 bridgehead atoms. The standard InChI is InChI=1S/C15H30N2O/c1-11(2)5-6-16-15(18)10-17-14-8-12(3)7-13(4)9-14/h11-14,17H,5-10H2,1-4H3,(H,16,18). The van der Waals surface area contributed by atoms with Crippen LogP contribution in [0.5, 0.6) is 0 Å². The van der Waals surface area contributed by atoms with Gasteiger partial charge in [-0.05, 0) is 43.4 Å². The van der Waals surface area contributed by atoms with E-state index in [1.165, 1.54) is 19.3 Å². The molecule has 3 heteroatoms. The summed E-state index contributed by atoms with van der Waals surface area (Å²) < 4.78 is 0. The highest BCUT2D eigenvalue weighted by Gasteiger charge is 2.23. The molecule has 18 heavy (non-hydrogen) atoms. The lowest BCUT2D eigenvalue weighted by atomic mass is 9.80. The van der Waals surface area contributed by atoms with Gasteiger partial charge in [0.2, 0.25) is 5.91 Å². The molecule has 0 heterocycles. The first-order valence-electron chi connectivity index (χ1n) is 7.47. The fraction of sp³-hybridized carbons (Fsp3) is 0.933. The van der Waals surface area contributed by atoms with Crippen LogP contribution in [-0.2, 0) is 4.79 Å². The van der Waals surface area contributed by atoms with E-state index >= 15 is 0 Å². The Kier molecular flexibility index (Phi) is 6.69. The summed E-state index contributed by atoms with van der Waals surface area (Å²) in [5, 5.41) is 6.38. The van der Waals surface area contributed by atoms with Crippen molar-refractivity contribution in [3.8, 4) is 0 Å². The van der Waals surface area contributed by atoms with Crippen LogP contribution in [0.2, 0.25) is 0 Å². The van der Waals surface area contributed by atoms with Crippen molar-refractivity contribution >= 4 is 5.91 Å². The van der Waals surface area contributed by atoms with Crippen LogP contribution in [0.3, 0.4) is 0 Å². The molecule has 106 valence electrons. The molecule has 0 aromatic rings. The van der Waals surface area contributed by atoms with E-state index in [-0.39, 0.29) is 5.91 Å². The zero-order valence-corrected chi connectivity index (χ0v) is 12.5. The molecule has 1 aliphatic carbocycles. The average Bonchev–Trinajstić information content (AvgIpc) is 2.24. The van der Waals surface area contributed by atoms with E-state index in [0.717, 1.165) is 24.8 Å². The molecule has 1 rings (SSSR count). The Morgan fingerprint density at radius 2 is 1.78 bits per heavy atom. The van der Waals surface area contributed by atoms with Crippen LogP contribution in [0.4, 0.5) is 0 Å². The fourth-order valence-electron chi connectivity index (χ4n) is 2.91. The Labute approximate surface area is 112 Å². The minimum atomic E-state index is 0.140. The van der Waals surface area contributed by atoms with Gasteiger partial charge in [0.1, 0.15) is 0 Å². The fourth-order valence-corrected chi connectivity index (χ4v) is 2.91. The van der Waals surface area contributed by atoms with E-state index in [4.69, 9.17) is 0 Å². The molecule has 0 aromatic heterocycles. The van der Waals surface area contributed by atoms with E-state index < -0.39 is 0 Å². The third-order valence-corrected chi connectivity index (χ3v) is 3.77. The average molecular weight is 254 g/mol. The SMILES string of the molecule is CC(C)CCNC(=O)CNC1CC(C)CC(C)C1. The predicted octanol–water partition coefficient (Wildman–Crippen LogP) is 2.56. The first kappa shape index (κ1) is 15.5. The molecule has 3 nitrogen and oxygen atoms in total. The van der Waals surface area contributed by atoms with Crippen LogP contribution in [-0.4, -0.2) is 25.0 Å². The second-order valence-electron chi connectivity index (χ2n) is 6.53. The van der Waals surface area contributed by atoms with E-state index in [9.17, 15) is 4.79 Å². The van der Waals surface area contributed by atoms with Crippen molar-refractivity contribution < 1.29 is 4.79 Å². The molecule has 0 radical (unpaired) electrons. The van der Waals surface area contributed by atoms with Gasteiger partial charge in [-0.25, -0.2) is 0 Å². The molecule has 1 aliphatic rings. The first-order chi connectivity index (χ1) is 8.47. The van der Waals surface area contributed by atoms with Gasteiger partial charge in [0, 0.05) is 12.6 Å². The normalized spacial score (nSPS) is 28.4. The lowest BCUT2D eigenvalue weighted by Gasteiger charge is -2.31. The number of carbonyl (C=O) groups excluding carboxylic acids is 1. The second-order valence-corrected chi connectivity index (χ2v) is 6.53. The maximum absolute atomic E-state index is 11.7. The molecule has 2 N–H and O–H groups in total. The lowest BCUT2D eigenvalue weighted by molar-refractivity contribution is -0.120. The molecule has 2 unspecified atom stereocenters. The predicted molar refractivity (Wildman–Crippen MR) is 76.4 cm³/mol. The number of amides is 1. The van der Waals surface area contributed by atoms with E-state index in [2.05, 4.69) is 38.3 Å². The van der Waals surface area contributed by atoms with Crippen LogP contribution >= 0.6 is 0 Å². The Morgan fingerprint density at radius 3 is 2.33 bits per heavy atom. The van der Waals surface area contributed by atoms with Gasteiger partial charge in [-0.3, -0.25) is 4.79 Å². The van der Waals surface area contributed by atoms with Gasteiger partial charge >= 0.3 is 0 Å². The van der Waals surface area contributed by atoms with Crippen LogP contribution in [0.15, 0.2) is 0 Å². The minimum Gasteiger partial charge on any atom is -0.355 e. The zero-order chi connectivity index (χ0) is 13.5. The Bertz CT molecular complexity index is 243. The lowest BCUT2D eigenvalue weighted by Crippen LogP contribution is -2.42. The van der Waals surface area contributed by atoms with Gasteiger partial charge < -0.3 is 10.6 Å². The van der Waals surface area contributed by atoms with Crippen molar-refractivity contribution in [2.75, 3.05) is 13.1 Å². The number of hydrogen-bond acceptors (Lipinski definition) is 2. The summed E-state index contributed by atoms with van der Waals surface area (Å²) >= 11 is 0. The molecule has 0 aromatic carbocycles. The maximum atomic E-state index is 11.7. The molecule has 1 amide bonds. The van der Waals surface area contributed by atoms with Crippen molar-refractivity contribution in [1.82, 2.24) is 10.6 Å². The van der Waals surface area contributed by atoms with Gasteiger partial charge in [0.15, 0.2) is 0 Å². The quantitative estimate of drug-likeness (QED) is 0.765. The molecule has 0 spiro atoms. The highest BCUT2D eigenvalue weighted by molar-refractivity contribution is 5.77. The number of nitrogens with one attached hydrogen (secondary N) is 2. The summed E-state index contributed by atoms with van der Waals surface area (Å²) in [6.07, 6.45) is 4.81. The van der Waals surface area contributed by atoms with Gasteiger partial charge in [-0.2, -0.15) is 0 Å². The van der Waals surface area contributed by atoms with Crippen molar-refractivity contribution in [3.63, 3.8) is 0 Å². The van der Waals surface area contributed by atoms with Crippen LogP contribution < -0.4 is 10.6 Å². The number of hydrogen-bond donors (Lipinski definition) is 2. The summed E-state index contributed by atoms with van der Waals surface area (Å²) in [6, 6.07) is 0.527. The maximum Gasteiger partial charge on any atom is 0.233 e. The van der Waals surface area contributed by atoms with Crippen LogP contribution in [0.25, 0.3) is 0 Å².